The van der Waals surface area contributed by atoms with Gasteiger partial charge in [-0.25, -0.2) is 0 Å². The van der Waals surface area contributed by atoms with Gasteiger partial charge in [0.2, 0.25) is 0 Å². The van der Waals surface area contributed by atoms with E-state index >= 15 is 0 Å². The second kappa shape index (κ2) is 8.72. The molecular formula is C24H28N4O. The number of fused-ring (bicyclic) bond motifs is 1. The van der Waals surface area contributed by atoms with Crippen LogP contribution in [0.25, 0.3) is 10.9 Å². The minimum atomic E-state index is -0.00827. The molecule has 2 heterocycles. The summed E-state index contributed by atoms with van der Waals surface area (Å²) in [5, 5.41) is 4.29. The van der Waals surface area contributed by atoms with Gasteiger partial charge in [0.25, 0.3) is 5.91 Å². The molecule has 1 fully saturated rings. The molecule has 1 aliphatic heterocycles. The van der Waals surface area contributed by atoms with Gasteiger partial charge < -0.3 is 10.2 Å². The molecule has 5 heteroatoms. The first-order valence-electron chi connectivity index (χ1n) is 10.1. The number of hydrogen-bond donors (Lipinski definition) is 1. The Morgan fingerprint density at radius 2 is 1.93 bits per heavy atom. The molecule has 1 aliphatic rings. The normalized spacial score (nSPS) is 19.7. The molecule has 2 aromatic carbocycles. The van der Waals surface area contributed by atoms with Crippen LogP contribution < -0.4 is 5.32 Å². The van der Waals surface area contributed by atoms with Crippen LogP contribution >= 0.6 is 0 Å². The maximum atomic E-state index is 13.0. The van der Waals surface area contributed by atoms with Gasteiger partial charge in [-0.1, -0.05) is 36.4 Å². The minimum absolute atomic E-state index is 0.00827. The van der Waals surface area contributed by atoms with Gasteiger partial charge in [-0.05, 0) is 43.9 Å². The first kappa shape index (κ1) is 19.6. The molecule has 0 radical (unpaired) electrons. The zero-order chi connectivity index (χ0) is 20.2. The Morgan fingerprint density at radius 3 is 2.72 bits per heavy atom. The summed E-state index contributed by atoms with van der Waals surface area (Å²) in [5.74, 6) is 0.394. The molecule has 1 N–H and O–H groups in total. The van der Waals surface area contributed by atoms with Gasteiger partial charge in [-0.3, -0.25) is 14.7 Å². The van der Waals surface area contributed by atoms with Crippen molar-refractivity contribution in [2.24, 2.45) is 5.92 Å². The zero-order valence-electron chi connectivity index (χ0n) is 17.1. The number of nitrogens with one attached hydrogen (secondary N) is 1. The number of likely N-dealkylation sites (tertiary alicyclic amines) is 1. The van der Waals surface area contributed by atoms with Crippen LogP contribution in [0, 0.1) is 5.92 Å². The summed E-state index contributed by atoms with van der Waals surface area (Å²) >= 11 is 0. The van der Waals surface area contributed by atoms with Crippen LogP contribution in [0.15, 0.2) is 66.9 Å². The van der Waals surface area contributed by atoms with E-state index in [2.05, 4.69) is 58.5 Å². The predicted octanol–water partition coefficient (Wildman–Crippen LogP) is 3.03. The number of benzene rings is 2. The molecule has 150 valence electrons. The molecule has 29 heavy (non-hydrogen) atoms. The van der Waals surface area contributed by atoms with E-state index in [4.69, 9.17) is 0 Å². The molecule has 0 unspecified atom stereocenters. The number of carbonyl (C=O) groups excluding carboxylic acids is 1. The molecule has 0 spiro atoms. The third kappa shape index (κ3) is 4.81. The van der Waals surface area contributed by atoms with E-state index in [1.54, 1.807) is 6.20 Å². The highest BCUT2D eigenvalue weighted by atomic mass is 16.1. The Kier molecular flexibility index (Phi) is 5.88. The number of carbonyl (C=O) groups is 1. The average Bonchev–Trinajstić information content (AvgIpc) is 3.08. The van der Waals surface area contributed by atoms with Crippen LogP contribution in [0.3, 0.4) is 0 Å². The summed E-state index contributed by atoms with van der Waals surface area (Å²) in [7, 11) is 4.18. The summed E-state index contributed by atoms with van der Waals surface area (Å²) in [5.41, 5.74) is 2.91. The molecule has 0 aliphatic carbocycles. The van der Waals surface area contributed by atoms with Crippen molar-refractivity contribution in [2.75, 3.05) is 33.7 Å². The molecule has 1 aromatic heterocycles. The lowest BCUT2D eigenvalue weighted by Crippen LogP contribution is -2.43. The van der Waals surface area contributed by atoms with E-state index in [0.717, 1.165) is 37.1 Å². The Morgan fingerprint density at radius 1 is 1.10 bits per heavy atom. The smallest absolute Gasteiger partial charge is 0.251 e. The lowest BCUT2D eigenvalue weighted by molar-refractivity contribution is 0.0927. The van der Waals surface area contributed by atoms with Gasteiger partial charge in [0, 0.05) is 55.3 Å². The number of rotatable bonds is 6. The van der Waals surface area contributed by atoms with Gasteiger partial charge in [0.15, 0.2) is 0 Å². The summed E-state index contributed by atoms with van der Waals surface area (Å²) in [4.78, 5) is 22.0. The van der Waals surface area contributed by atoms with Gasteiger partial charge in [-0.15, -0.1) is 0 Å². The van der Waals surface area contributed by atoms with Crippen LogP contribution in [-0.2, 0) is 6.54 Å². The van der Waals surface area contributed by atoms with E-state index in [-0.39, 0.29) is 11.9 Å². The highest BCUT2D eigenvalue weighted by Gasteiger charge is 2.34. The second-order valence-electron chi connectivity index (χ2n) is 8.19. The van der Waals surface area contributed by atoms with Crippen LogP contribution in [0.4, 0.5) is 0 Å². The fraction of sp³-hybridized carbons (Fsp3) is 0.333. The molecule has 0 saturated carbocycles. The first-order chi connectivity index (χ1) is 14.1. The third-order valence-electron chi connectivity index (χ3n) is 5.55. The summed E-state index contributed by atoms with van der Waals surface area (Å²) in [6, 6.07) is 20.3. The molecule has 0 bridgehead atoms. The number of amides is 1. The van der Waals surface area contributed by atoms with Crippen LogP contribution in [-0.4, -0.2) is 60.5 Å². The van der Waals surface area contributed by atoms with Crippen molar-refractivity contribution < 1.29 is 4.79 Å². The van der Waals surface area contributed by atoms with E-state index in [1.165, 1.54) is 5.56 Å². The number of hydrogen-bond acceptors (Lipinski definition) is 4. The number of aromatic nitrogens is 1. The maximum Gasteiger partial charge on any atom is 0.251 e. The molecule has 4 rings (SSSR count). The molecule has 1 amide bonds. The lowest BCUT2D eigenvalue weighted by Gasteiger charge is -2.23. The second-order valence-corrected chi connectivity index (χ2v) is 8.19. The van der Waals surface area contributed by atoms with Crippen molar-refractivity contribution in [3.05, 3.63) is 78.0 Å². The quantitative estimate of drug-likeness (QED) is 0.705. The highest BCUT2D eigenvalue weighted by molar-refractivity contribution is 5.98. The molecule has 1 saturated heterocycles. The van der Waals surface area contributed by atoms with Crippen LogP contribution in [0.1, 0.15) is 15.9 Å². The Hall–Kier alpha value is -2.76. The van der Waals surface area contributed by atoms with Gasteiger partial charge in [-0.2, -0.15) is 0 Å². The summed E-state index contributed by atoms with van der Waals surface area (Å²) in [6.45, 7) is 3.73. The fourth-order valence-corrected chi connectivity index (χ4v) is 4.22. The van der Waals surface area contributed by atoms with E-state index < -0.39 is 0 Å². The summed E-state index contributed by atoms with van der Waals surface area (Å²) < 4.78 is 0. The third-order valence-corrected chi connectivity index (χ3v) is 5.55. The van der Waals surface area contributed by atoms with E-state index in [0.29, 0.717) is 11.5 Å². The van der Waals surface area contributed by atoms with E-state index in [1.807, 2.05) is 36.4 Å². The Balaban J connectivity index is 1.47. The Labute approximate surface area is 172 Å². The highest BCUT2D eigenvalue weighted by Crippen LogP contribution is 2.21. The molecule has 5 nitrogen and oxygen atoms in total. The lowest BCUT2D eigenvalue weighted by atomic mass is 10.0. The van der Waals surface area contributed by atoms with Crippen molar-refractivity contribution >= 4 is 16.8 Å². The van der Waals surface area contributed by atoms with Crippen molar-refractivity contribution in [3.63, 3.8) is 0 Å². The van der Waals surface area contributed by atoms with Crippen molar-refractivity contribution in [1.29, 1.82) is 0 Å². The van der Waals surface area contributed by atoms with Crippen LogP contribution in [0.2, 0.25) is 0 Å². The standard InChI is InChI=1S/C24H28N4O/c1-27(2)15-21-16-28(14-18-7-4-3-5-8-18)17-23(21)26-24(29)20-10-11-22-19(13-20)9-6-12-25-22/h3-13,21,23H,14-17H2,1-2H3,(H,26,29)/t21-,23-/m1/s1. The monoisotopic (exact) mass is 388 g/mol. The van der Waals surface area contributed by atoms with Gasteiger partial charge in [0.1, 0.15) is 0 Å². The van der Waals surface area contributed by atoms with Crippen molar-refractivity contribution in [2.45, 2.75) is 12.6 Å². The number of pyridine rings is 1. The number of nitrogens with zero attached hydrogens (tertiary/aromatic N) is 3. The summed E-state index contributed by atoms with van der Waals surface area (Å²) in [6.07, 6.45) is 1.77. The van der Waals surface area contributed by atoms with E-state index in [9.17, 15) is 4.79 Å². The topological polar surface area (TPSA) is 48.5 Å². The predicted molar refractivity (Wildman–Crippen MR) is 117 cm³/mol. The van der Waals surface area contributed by atoms with Crippen molar-refractivity contribution in [3.8, 4) is 0 Å². The SMILES string of the molecule is CN(C)C[C@@H]1CN(Cc2ccccc2)C[C@H]1NC(=O)c1ccc2ncccc2c1. The molecule has 3 aromatic rings. The van der Waals surface area contributed by atoms with Crippen LogP contribution in [0.5, 0.6) is 0 Å². The molecular weight excluding hydrogens is 360 g/mol. The van der Waals surface area contributed by atoms with Gasteiger partial charge >= 0.3 is 0 Å². The largest absolute Gasteiger partial charge is 0.348 e. The molecule has 2 atom stereocenters. The minimum Gasteiger partial charge on any atom is -0.348 e. The average molecular weight is 389 g/mol. The first-order valence-corrected chi connectivity index (χ1v) is 10.1. The van der Waals surface area contributed by atoms with Gasteiger partial charge in [0.05, 0.1) is 5.52 Å². The Bertz CT molecular complexity index is 973. The van der Waals surface area contributed by atoms with Crippen molar-refractivity contribution in [1.82, 2.24) is 20.1 Å². The maximum absolute atomic E-state index is 13.0. The fourth-order valence-electron chi connectivity index (χ4n) is 4.22. The zero-order valence-corrected chi connectivity index (χ0v) is 17.1.